The molecule has 23 heavy (non-hydrogen) atoms. The van der Waals surface area contributed by atoms with Gasteiger partial charge in [-0.1, -0.05) is 12.5 Å². The molecule has 0 aromatic carbocycles. The fourth-order valence-electron chi connectivity index (χ4n) is 6.89. The summed E-state index contributed by atoms with van der Waals surface area (Å²) < 4.78 is 0. The van der Waals surface area contributed by atoms with Gasteiger partial charge in [0.15, 0.2) is 5.78 Å². The van der Waals surface area contributed by atoms with Crippen LogP contribution in [-0.4, -0.2) is 28.2 Å². The van der Waals surface area contributed by atoms with Crippen LogP contribution in [0, 0.1) is 29.1 Å². The molecule has 0 aliphatic heterocycles. The number of rotatable bonds is 2. The van der Waals surface area contributed by atoms with Gasteiger partial charge >= 0.3 is 0 Å². The fourth-order valence-corrected chi connectivity index (χ4v) is 6.89. The second-order valence-corrected chi connectivity index (χ2v) is 8.80. The van der Waals surface area contributed by atoms with Gasteiger partial charge in [-0.3, -0.25) is 4.79 Å². The van der Waals surface area contributed by atoms with Gasteiger partial charge in [-0.25, -0.2) is 0 Å². The molecule has 0 bridgehead atoms. The molecule has 0 radical (unpaired) electrons. The van der Waals surface area contributed by atoms with E-state index in [1.165, 1.54) is 18.4 Å². The van der Waals surface area contributed by atoms with Crippen LogP contribution in [0.25, 0.3) is 0 Å². The molecule has 0 heterocycles. The van der Waals surface area contributed by atoms with Gasteiger partial charge in [0.05, 0.1) is 5.60 Å². The molecule has 0 aromatic rings. The Hall–Kier alpha value is -0.670. The predicted octanol–water partition coefficient (Wildman–Crippen LogP) is 3.24. The molecule has 4 aliphatic rings. The lowest BCUT2D eigenvalue weighted by Gasteiger charge is -2.55. The Balaban J connectivity index is 1.61. The highest BCUT2D eigenvalue weighted by Gasteiger charge is 2.61. The summed E-state index contributed by atoms with van der Waals surface area (Å²) in [7, 11) is 0. The number of carbonyl (C=O) groups excluding carboxylic acids is 1. The Morgan fingerprint density at radius 3 is 2.74 bits per heavy atom. The second kappa shape index (κ2) is 5.42. The third-order valence-electron chi connectivity index (χ3n) is 8.15. The van der Waals surface area contributed by atoms with Crippen LogP contribution in [0.5, 0.6) is 0 Å². The van der Waals surface area contributed by atoms with Crippen molar-refractivity contribution in [3.8, 4) is 0 Å². The van der Waals surface area contributed by atoms with Crippen molar-refractivity contribution in [3.63, 3.8) is 0 Å². The Morgan fingerprint density at radius 1 is 1.13 bits per heavy atom. The lowest BCUT2D eigenvalue weighted by atomic mass is 9.50. The Morgan fingerprint density at radius 2 is 1.96 bits per heavy atom. The maximum Gasteiger partial charge on any atom is 0.155 e. The summed E-state index contributed by atoms with van der Waals surface area (Å²) in [6.07, 6.45) is 10.8. The normalized spacial score (nSPS) is 49.2. The van der Waals surface area contributed by atoms with Gasteiger partial charge in [-0.05, 0) is 86.5 Å². The molecule has 3 fully saturated rings. The molecular formula is C20H30O3. The Kier molecular flexibility index (Phi) is 3.73. The molecule has 0 aromatic heterocycles. The molecule has 0 unspecified atom stereocenters. The minimum atomic E-state index is -0.671. The van der Waals surface area contributed by atoms with Crippen LogP contribution in [0.1, 0.15) is 64.7 Å². The molecular weight excluding hydrogens is 288 g/mol. The number of fused-ring (bicyclic) bond motifs is 5. The van der Waals surface area contributed by atoms with Crippen molar-refractivity contribution >= 4 is 5.78 Å². The van der Waals surface area contributed by atoms with Crippen molar-refractivity contribution in [2.45, 2.75) is 70.3 Å². The zero-order valence-corrected chi connectivity index (χ0v) is 14.3. The first-order valence-corrected chi connectivity index (χ1v) is 9.55. The van der Waals surface area contributed by atoms with E-state index in [4.69, 9.17) is 0 Å². The molecule has 3 heteroatoms. The average molecular weight is 318 g/mol. The van der Waals surface area contributed by atoms with Crippen molar-refractivity contribution in [1.29, 1.82) is 0 Å². The predicted molar refractivity (Wildman–Crippen MR) is 88.7 cm³/mol. The van der Waals surface area contributed by atoms with Crippen LogP contribution in [0.15, 0.2) is 11.6 Å². The van der Waals surface area contributed by atoms with E-state index in [1.807, 2.05) is 6.08 Å². The number of hydrogen-bond donors (Lipinski definition) is 2. The van der Waals surface area contributed by atoms with E-state index >= 15 is 0 Å². The van der Waals surface area contributed by atoms with Gasteiger partial charge in [0, 0.05) is 13.0 Å². The van der Waals surface area contributed by atoms with Gasteiger partial charge < -0.3 is 10.2 Å². The van der Waals surface area contributed by atoms with E-state index in [0.29, 0.717) is 30.0 Å². The summed E-state index contributed by atoms with van der Waals surface area (Å²) in [4.78, 5) is 11.7. The molecule has 2 N–H and O–H groups in total. The standard InChI is InChI=1S/C20H30O3/c1-19-8-6-16-15-5-3-14(22)12-13(15)2-4-17(16)18(19)7-9-20(19,23)10-11-21/h12,15-18,21,23H,2-11H2,1H3/t15-,16+,17+,18-,19-,20+/m0/s1. The largest absolute Gasteiger partial charge is 0.396 e. The van der Waals surface area contributed by atoms with Crippen LogP contribution in [-0.2, 0) is 4.79 Å². The second-order valence-electron chi connectivity index (χ2n) is 8.80. The van der Waals surface area contributed by atoms with Crippen LogP contribution in [0.2, 0.25) is 0 Å². The molecule has 4 aliphatic carbocycles. The summed E-state index contributed by atoms with van der Waals surface area (Å²) >= 11 is 0. The van der Waals surface area contributed by atoms with E-state index in [9.17, 15) is 15.0 Å². The first kappa shape index (κ1) is 15.8. The van der Waals surface area contributed by atoms with E-state index < -0.39 is 5.60 Å². The third-order valence-corrected chi connectivity index (χ3v) is 8.15. The first-order valence-electron chi connectivity index (χ1n) is 9.55. The van der Waals surface area contributed by atoms with Crippen LogP contribution >= 0.6 is 0 Å². The Bertz CT molecular complexity index is 539. The molecule has 6 atom stereocenters. The molecule has 0 spiro atoms. The summed E-state index contributed by atoms with van der Waals surface area (Å²) in [6, 6.07) is 0. The number of ketones is 1. The molecule has 3 saturated carbocycles. The highest BCUT2D eigenvalue weighted by molar-refractivity contribution is 5.91. The Labute approximate surface area is 139 Å². The van der Waals surface area contributed by atoms with E-state index in [1.54, 1.807) is 0 Å². The fraction of sp³-hybridized carbons (Fsp3) is 0.850. The van der Waals surface area contributed by atoms with E-state index in [2.05, 4.69) is 6.92 Å². The average Bonchev–Trinajstić information content (AvgIpc) is 2.79. The quantitative estimate of drug-likeness (QED) is 0.822. The van der Waals surface area contributed by atoms with Crippen LogP contribution in [0.4, 0.5) is 0 Å². The SMILES string of the molecule is C[C@]12CC[C@H]3[C@@H](CCC4=CC(=O)CC[C@@H]43)[C@@H]1CC[C@@]2(O)CCO. The minimum absolute atomic E-state index is 0.0252. The van der Waals surface area contributed by atoms with E-state index in [-0.39, 0.29) is 12.0 Å². The van der Waals surface area contributed by atoms with Gasteiger partial charge in [0.1, 0.15) is 0 Å². The summed E-state index contributed by atoms with van der Waals surface area (Å²) in [5.74, 6) is 2.97. The number of carbonyl (C=O) groups is 1. The minimum Gasteiger partial charge on any atom is -0.396 e. The summed E-state index contributed by atoms with van der Waals surface area (Å²) in [5, 5.41) is 20.6. The van der Waals surface area contributed by atoms with Crippen molar-refractivity contribution in [3.05, 3.63) is 11.6 Å². The number of hydrogen-bond acceptors (Lipinski definition) is 3. The van der Waals surface area contributed by atoms with Crippen molar-refractivity contribution < 1.29 is 15.0 Å². The molecule has 4 rings (SSSR count). The van der Waals surface area contributed by atoms with Crippen LogP contribution in [0.3, 0.4) is 0 Å². The van der Waals surface area contributed by atoms with Gasteiger partial charge in [0.25, 0.3) is 0 Å². The number of aliphatic hydroxyl groups is 2. The smallest absolute Gasteiger partial charge is 0.155 e. The van der Waals surface area contributed by atoms with Gasteiger partial charge in [-0.2, -0.15) is 0 Å². The number of aliphatic hydroxyl groups excluding tert-OH is 1. The monoisotopic (exact) mass is 318 g/mol. The van der Waals surface area contributed by atoms with Gasteiger partial charge in [-0.15, -0.1) is 0 Å². The van der Waals surface area contributed by atoms with Crippen LogP contribution < -0.4 is 0 Å². The lowest BCUT2D eigenvalue weighted by Crippen LogP contribution is -2.53. The maximum atomic E-state index is 11.7. The van der Waals surface area contributed by atoms with Gasteiger partial charge in [0.2, 0.25) is 0 Å². The van der Waals surface area contributed by atoms with Crippen molar-refractivity contribution in [2.75, 3.05) is 6.61 Å². The maximum absolute atomic E-state index is 11.7. The van der Waals surface area contributed by atoms with Crippen molar-refractivity contribution in [2.24, 2.45) is 29.1 Å². The van der Waals surface area contributed by atoms with E-state index in [0.717, 1.165) is 44.4 Å². The molecule has 3 nitrogen and oxygen atoms in total. The highest BCUT2D eigenvalue weighted by atomic mass is 16.3. The third kappa shape index (κ3) is 2.19. The first-order chi connectivity index (χ1) is 11.0. The zero-order chi connectivity index (χ0) is 16.2. The molecule has 0 amide bonds. The lowest BCUT2D eigenvalue weighted by molar-refractivity contribution is -0.127. The highest BCUT2D eigenvalue weighted by Crippen LogP contribution is 2.65. The zero-order valence-electron chi connectivity index (χ0n) is 14.3. The molecule has 128 valence electrons. The topological polar surface area (TPSA) is 57.5 Å². The molecule has 0 saturated heterocycles. The van der Waals surface area contributed by atoms with Crippen molar-refractivity contribution in [1.82, 2.24) is 0 Å². The number of allylic oxidation sites excluding steroid dienone is 1. The summed E-state index contributed by atoms with van der Waals surface area (Å²) in [6.45, 7) is 2.37. The summed E-state index contributed by atoms with van der Waals surface area (Å²) in [5.41, 5.74) is 0.730.